The van der Waals surface area contributed by atoms with Gasteiger partial charge in [0, 0.05) is 17.4 Å². The first-order valence-corrected chi connectivity index (χ1v) is 10.7. The van der Waals surface area contributed by atoms with Gasteiger partial charge in [-0.15, -0.1) is 5.10 Å². The van der Waals surface area contributed by atoms with E-state index < -0.39 is 29.4 Å². The summed E-state index contributed by atoms with van der Waals surface area (Å²) in [6, 6.07) is 10.6. The molecule has 0 saturated heterocycles. The van der Waals surface area contributed by atoms with Gasteiger partial charge in [-0.25, -0.2) is 19.0 Å². The molecule has 12 nitrogen and oxygen atoms in total. The summed E-state index contributed by atoms with van der Waals surface area (Å²) in [6.07, 6.45) is 1.46. The fourth-order valence-corrected chi connectivity index (χ4v) is 3.68. The molecular weight excluding hydrogens is 485 g/mol. The van der Waals surface area contributed by atoms with Crippen LogP contribution in [0.4, 0.5) is 10.1 Å². The summed E-state index contributed by atoms with van der Waals surface area (Å²) in [5.41, 5.74) is 5.32. The number of hydrogen-bond acceptors (Lipinski definition) is 8. The van der Waals surface area contributed by atoms with E-state index in [0.29, 0.717) is 11.3 Å². The number of H-pyrrole nitrogens is 1. The molecule has 0 aliphatic rings. The minimum Gasteiger partial charge on any atom is -0.491 e. The summed E-state index contributed by atoms with van der Waals surface area (Å²) in [5, 5.41) is 24.5. The zero-order valence-corrected chi connectivity index (χ0v) is 19.7. The van der Waals surface area contributed by atoms with Crippen LogP contribution in [0.1, 0.15) is 33.4 Å². The normalized spacial score (nSPS) is 11.5. The Morgan fingerprint density at radius 1 is 1.19 bits per heavy atom. The molecule has 13 heteroatoms. The Bertz CT molecular complexity index is 1550. The first kappa shape index (κ1) is 24.9. The van der Waals surface area contributed by atoms with Gasteiger partial charge < -0.3 is 25.6 Å². The number of amidine groups is 1. The van der Waals surface area contributed by atoms with Crippen LogP contribution in [0.3, 0.4) is 0 Å². The monoisotopic (exact) mass is 507 g/mol. The molecule has 0 spiro atoms. The van der Waals surface area contributed by atoms with Gasteiger partial charge in [0.1, 0.15) is 17.7 Å². The number of aromatic nitrogens is 4. The topological polar surface area (TPSA) is 181 Å². The molecule has 1 unspecified atom stereocenters. The number of hydrogen-bond donors (Lipinski definition) is 5. The minimum atomic E-state index is -1.23. The van der Waals surface area contributed by atoms with Gasteiger partial charge >= 0.3 is 11.7 Å². The molecule has 2 aromatic heterocycles. The fourth-order valence-electron chi connectivity index (χ4n) is 3.68. The second-order valence-corrected chi connectivity index (χ2v) is 7.72. The van der Waals surface area contributed by atoms with E-state index in [2.05, 4.69) is 20.4 Å². The molecular formula is C24H22FN7O5. The third-order valence-electron chi connectivity index (χ3n) is 5.43. The largest absolute Gasteiger partial charge is 0.491 e. The van der Waals surface area contributed by atoms with E-state index in [9.17, 15) is 19.1 Å². The van der Waals surface area contributed by atoms with Gasteiger partial charge in [-0.2, -0.15) is 4.68 Å². The average molecular weight is 507 g/mol. The Morgan fingerprint density at radius 2 is 1.95 bits per heavy atom. The smallest absolute Gasteiger partial charge is 0.348 e. The highest BCUT2D eigenvalue weighted by Gasteiger charge is 2.24. The molecule has 37 heavy (non-hydrogen) atoms. The Morgan fingerprint density at radius 3 is 2.59 bits per heavy atom. The number of pyridine rings is 1. The average Bonchev–Trinajstić information content (AvgIpc) is 3.27. The van der Waals surface area contributed by atoms with Crippen LogP contribution in [0.2, 0.25) is 0 Å². The molecule has 1 atom stereocenters. The van der Waals surface area contributed by atoms with Gasteiger partial charge in [-0.05, 0) is 36.4 Å². The number of rotatable bonds is 9. The lowest BCUT2D eigenvalue weighted by molar-refractivity contribution is 0.0696. The number of halogens is 1. The predicted octanol–water partition coefficient (Wildman–Crippen LogP) is 2.30. The number of carboxylic acid groups (broad SMARTS) is 1. The number of nitrogen functional groups attached to an aromatic ring is 1. The first-order chi connectivity index (χ1) is 17.7. The van der Waals surface area contributed by atoms with Crippen molar-refractivity contribution in [2.45, 2.75) is 6.04 Å². The molecule has 0 saturated carbocycles. The third kappa shape index (κ3) is 4.96. The molecule has 6 N–H and O–H groups in total. The Hall–Kier alpha value is -5.20. The van der Waals surface area contributed by atoms with Crippen molar-refractivity contribution in [3.05, 3.63) is 93.5 Å². The number of nitrogens with zero attached hydrogens (tertiary/aromatic N) is 3. The second kappa shape index (κ2) is 10.2. The van der Waals surface area contributed by atoms with Crippen LogP contribution in [-0.2, 0) is 0 Å². The molecule has 0 fully saturated rings. The van der Waals surface area contributed by atoms with Crippen LogP contribution in [0.15, 0.2) is 59.5 Å². The molecule has 0 aliphatic carbocycles. The number of benzene rings is 2. The molecule has 0 radical (unpaired) electrons. The van der Waals surface area contributed by atoms with E-state index in [1.54, 1.807) is 12.1 Å². The van der Waals surface area contributed by atoms with E-state index in [-0.39, 0.29) is 34.2 Å². The second-order valence-electron chi connectivity index (χ2n) is 7.72. The Balaban J connectivity index is 1.84. The van der Waals surface area contributed by atoms with E-state index >= 15 is 0 Å². The maximum atomic E-state index is 14.5. The number of aromatic amines is 1. The number of carboxylic acids is 1. The zero-order chi connectivity index (χ0) is 26.7. The van der Waals surface area contributed by atoms with Crippen LogP contribution >= 0.6 is 0 Å². The fraction of sp³-hybridized carbons (Fsp3) is 0.125. The predicted molar refractivity (Wildman–Crippen MR) is 131 cm³/mol. The van der Waals surface area contributed by atoms with Crippen molar-refractivity contribution in [1.29, 1.82) is 5.41 Å². The van der Waals surface area contributed by atoms with Crippen molar-refractivity contribution in [2.24, 2.45) is 5.73 Å². The van der Waals surface area contributed by atoms with E-state index in [4.69, 9.17) is 20.6 Å². The molecule has 0 aliphatic heterocycles. The highest BCUT2D eigenvalue weighted by Crippen LogP contribution is 2.31. The van der Waals surface area contributed by atoms with Crippen molar-refractivity contribution < 1.29 is 23.8 Å². The number of nitrogens with one attached hydrogen (secondary N) is 3. The van der Waals surface area contributed by atoms with Gasteiger partial charge in [0.2, 0.25) is 0 Å². The number of anilines is 1. The highest BCUT2D eigenvalue weighted by molar-refractivity contribution is 5.95. The van der Waals surface area contributed by atoms with Crippen molar-refractivity contribution >= 4 is 17.5 Å². The maximum Gasteiger partial charge on any atom is 0.348 e. The summed E-state index contributed by atoms with van der Waals surface area (Å²) in [5.74, 6) is -1.79. The lowest BCUT2D eigenvalue weighted by atomic mass is 10.1. The van der Waals surface area contributed by atoms with E-state index in [1.807, 2.05) is 0 Å². The summed E-state index contributed by atoms with van der Waals surface area (Å²) in [6.45, 7) is 0. The summed E-state index contributed by atoms with van der Waals surface area (Å²) in [7, 11) is 2.86. The molecule has 190 valence electrons. The Labute approximate surface area is 209 Å². The van der Waals surface area contributed by atoms with Crippen LogP contribution in [0.25, 0.3) is 5.69 Å². The molecule has 4 rings (SSSR count). The summed E-state index contributed by atoms with van der Waals surface area (Å²) >= 11 is 0. The number of carbonyl (C=O) groups is 1. The van der Waals surface area contributed by atoms with Crippen molar-refractivity contribution in [2.75, 3.05) is 19.5 Å². The van der Waals surface area contributed by atoms with Gasteiger partial charge in [0.05, 0.1) is 31.0 Å². The highest BCUT2D eigenvalue weighted by atomic mass is 19.1. The van der Waals surface area contributed by atoms with Crippen molar-refractivity contribution in [1.82, 2.24) is 19.7 Å². The molecule has 2 aromatic carbocycles. The quantitative estimate of drug-likeness (QED) is 0.168. The Kier molecular flexibility index (Phi) is 6.86. The number of para-hydroxylation sites is 1. The molecule has 0 amide bonds. The number of methoxy groups -OCH3 is 2. The van der Waals surface area contributed by atoms with E-state index in [1.165, 1.54) is 50.7 Å². The summed E-state index contributed by atoms with van der Waals surface area (Å²) < 4.78 is 26.0. The lowest BCUT2D eigenvalue weighted by Gasteiger charge is -2.19. The number of ether oxygens (including phenoxy) is 2. The van der Waals surface area contributed by atoms with Crippen molar-refractivity contribution in [3.8, 4) is 17.3 Å². The van der Waals surface area contributed by atoms with Crippen LogP contribution in [0, 0.1) is 11.2 Å². The molecule has 0 bridgehead atoms. The number of aromatic carboxylic acids is 1. The standard InChI is InChI=1S/C24H22FN7O5/c1-36-18-9-12(11-28-22(18)37-2)19(29-13-7-8-14(20(26)27)16(25)10-13)21-30-24(35)32(31-21)17-6-4-3-5-15(17)23(33)34/h3-11,19,29H,1-2H3,(H3,26,27)(H,33,34)(H,30,31,35). The van der Waals surface area contributed by atoms with Gasteiger partial charge in [-0.3, -0.25) is 10.4 Å². The molecule has 4 aromatic rings. The minimum absolute atomic E-state index is 0.0588. The first-order valence-electron chi connectivity index (χ1n) is 10.7. The van der Waals surface area contributed by atoms with Gasteiger partial charge in [0.25, 0.3) is 5.88 Å². The van der Waals surface area contributed by atoms with Crippen LogP contribution < -0.4 is 26.2 Å². The lowest BCUT2D eigenvalue weighted by Crippen LogP contribution is -2.18. The van der Waals surface area contributed by atoms with Gasteiger partial charge in [0.15, 0.2) is 11.6 Å². The van der Waals surface area contributed by atoms with E-state index in [0.717, 1.165) is 10.7 Å². The third-order valence-corrected chi connectivity index (χ3v) is 5.43. The summed E-state index contributed by atoms with van der Waals surface area (Å²) in [4.78, 5) is 31.4. The van der Waals surface area contributed by atoms with Gasteiger partial charge in [-0.1, -0.05) is 12.1 Å². The SMILES string of the molecule is COc1cc(C(Nc2ccc(C(=N)N)c(F)c2)c2nn(-c3ccccc3C(=O)O)c(=O)[nH]2)cnc1OC. The zero-order valence-electron chi connectivity index (χ0n) is 19.7. The van der Waals surface area contributed by atoms with Crippen molar-refractivity contribution in [3.63, 3.8) is 0 Å². The maximum absolute atomic E-state index is 14.5. The van der Waals surface area contributed by atoms with Crippen LogP contribution in [-0.4, -0.2) is 50.9 Å². The van der Waals surface area contributed by atoms with Crippen LogP contribution in [0.5, 0.6) is 11.6 Å². The number of nitrogens with two attached hydrogens (primary N) is 1. The molecule has 2 heterocycles.